The van der Waals surface area contributed by atoms with Crippen LogP contribution < -0.4 is 5.90 Å². The molecular formula is C15H14N2O2S. The third-order valence-corrected chi connectivity index (χ3v) is 3.35. The third kappa shape index (κ3) is 4.24. The smallest absolute Gasteiger partial charge is 0.206 e. The number of nitrogens with zero attached hydrogens (tertiary/aromatic N) is 1. The van der Waals surface area contributed by atoms with Gasteiger partial charge in [0.25, 0.3) is 0 Å². The fourth-order valence-corrected chi connectivity index (χ4v) is 2.02. The lowest BCUT2D eigenvalue weighted by Crippen LogP contribution is -2.02. The monoisotopic (exact) mass is 286 g/mol. The van der Waals surface area contributed by atoms with Crippen molar-refractivity contribution in [2.45, 2.75) is 4.90 Å². The van der Waals surface area contributed by atoms with Gasteiger partial charge in [0.05, 0.1) is 10.6 Å². The predicted octanol–water partition coefficient (Wildman–Crippen LogP) is 3.02. The maximum absolute atomic E-state index is 11.3. The lowest BCUT2D eigenvalue weighted by atomic mass is 10.2. The molecule has 0 heterocycles. The van der Waals surface area contributed by atoms with Gasteiger partial charge in [0.2, 0.25) is 11.1 Å². The van der Waals surface area contributed by atoms with Gasteiger partial charge in [0, 0.05) is 6.21 Å². The Kier molecular flexibility index (Phi) is 5.37. The second-order valence-electron chi connectivity index (χ2n) is 3.87. The Bertz CT molecular complexity index is 622. The molecule has 0 aromatic heterocycles. The minimum absolute atomic E-state index is 0.506. The number of hydrogen-bond donors (Lipinski definition) is 1. The average Bonchev–Trinajstić information content (AvgIpc) is 2.52. The first kappa shape index (κ1) is 14.3. The molecule has 0 spiro atoms. The van der Waals surface area contributed by atoms with Crippen molar-refractivity contribution >= 4 is 29.1 Å². The van der Waals surface area contributed by atoms with Gasteiger partial charge >= 0.3 is 0 Å². The van der Waals surface area contributed by atoms with Crippen molar-refractivity contribution in [2.75, 3.05) is 0 Å². The highest BCUT2D eigenvalue weighted by molar-refractivity contribution is 7.80. The van der Waals surface area contributed by atoms with E-state index < -0.39 is 11.1 Å². The molecule has 2 rings (SSSR count). The fourth-order valence-electron chi connectivity index (χ4n) is 1.55. The van der Waals surface area contributed by atoms with Crippen molar-refractivity contribution in [3.8, 4) is 0 Å². The van der Waals surface area contributed by atoms with Gasteiger partial charge in [-0.25, -0.2) is 4.21 Å². The molecule has 20 heavy (non-hydrogen) atoms. The summed E-state index contributed by atoms with van der Waals surface area (Å²) >= 11 is -1.62. The van der Waals surface area contributed by atoms with Gasteiger partial charge < -0.3 is 0 Å². The number of rotatable bonds is 5. The zero-order chi connectivity index (χ0) is 14.2. The van der Waals surface area contributed by atoms with Crippen molar-refractivity contribution in [1.82, 2.24) is 0 Å². The van der Waals surface area contributed by atoms with Crippen LogP contribution >= 0.6 is 0 Å². The van der Waals surface area contributed by atoms with E-state index in [1.165, 1.54) is 0 Å². The molecule has 0 saturated carbocycles. The lowest BCUT2D eigenvalue weighted by Gasteiger charge is -1.98. The van der Waals surface area contributed by atoms with Crippen molar-refractivity contribution in [1.29, 1.82) is 0 Å². The van der Waals surface area contributed by atoms with Gasteiger partial charge in [-0.1, -0.05) is 36.4 Å². The Balaban J connectivity index is 1.98. The Morgan fingerprint density at radius 3 is 2.40 bits per heavy atom. The predicted molar refractivity (Wildman–Crippen MR) is 81.8 cm³/mol. The van der Waals surface area contributed by atoms with Gasteiger partial charge in [0.15, 0.2) is 0 Å². The molecule has 2 aromatic rings. The number of aliphatic imine (C=N–C) groups is 1. The quantitative estimate of drug-likeness (QED) is 0.678. The summed E-state index contributed by atoms with van der Waals surface area (Å²) in [6.45, 7) is 0. The minimum Gasteiger partial charge on any atom is -0.257 e. The second kappa shape index (κ2) is 7.49. The summed E-state index contributed by atoms with van der Waals surface area (Å²) in [4.78, 5) is 4.77. The van der Waals surface area contributed by atoms with E-state index in [0.717, 1.165) is 11.3 Å². The maximum Gasteiger partial charge on any atom is 0.206 e. The molecule has 1 atom stereocenters. The summed E-state index contributed by atoms with van der Waals surface area (Å²) in [7, 11) is 0. The second-order valence-corrected chi connectivity index (χ2v) is 5.01. The van der Waals surface area contributed by atoms with Crippen molar-refractivity contribution in [3.05, 3.63) is 66.2 Å². The Morgan fingerprint density at radius 1 is 1.05 bits per heavy atom. The molecule has 0 radical (unpaired) electrons. The summed E-state index contributed by atoms with van der Waals surface area (Å²) in [6, 6.07) is 16.8. The van der Waals surface area contributed by atoms with Gasteiger partial charge in [-0.05, 0) is 35.9 Å². The highest BCUT2D eigenvalue weighted by Gasteiger charge is 2.01. The van der Waals surface area contributed by atoms with E-state index >= 15 is 0 Å². The van der Waals surface area contributed by atoms with E-state index in [-0.39, 0.29) is 0 Å². The molecule has 0 fully saturated rings. The van der Waals surface area contributed by atoms with Crippen LogP contribution in [-0.4, -0.2) is 10.4 Å². The molecule has 0 aliphatic rings. The first-order chi connectivity index (χ1) is 9.79. The average molecular weight is 286 g/mol. The van der Waals surface area contributed by atoms with E-state index in [9.17, 15) is 4.21 Å². The van der Waals surface area contributed by atoms with Crippen LogP contribution in [0, 0.1) is 0 Å². The molecule has 2 aromatic carbocycles. The molecule has 0 amide bonds. The molecule has 0 bridgehead atoms. The number of hydrogen-bond acceptors (Lipinski definition) is 4. The molecule has 0 unspecified atom stereocenters. The van der Waals surface area contributed by atoms with Crippen LogP contribution in [0.1, 0.15) is 5.56 Å². The summed E-state index contributed by atoms with van der Waals surface area (Å²) in [5, 5.41) is 0. The first-order valence-corrected chi connectivity index (χ1v) is 7.02. The van der Waals surface area contributed by atoms with E-state index in [1.54, 1.807) is 30.5 Å². The van der Waals surface area contributed by atoms with E-state index in [1.807, 2.05) is 42.5 Å². The minimum atomic E-state index is -1.62. The van der Waals surface area contributed by atoms with Crippen LogP contribution in [0.2, 0.25) is 0 Å². The number of benzene rings is 2. The molecule has 4 nitrogen and oxygen atoms in total. The van der Waals surface area contributed by atoms with Crippen LogP contribution in [0.4, 0.5) is 5.69 Å². The normalized spacial score (nSPS) is 13.1. The number of nitrogens with two attached hydrogens (primary N) is 1. The van der Waals surface area contributed by atoms with Gasteiger partial charge in [-0.2, -0.15) is 10.2 Å². The van der Waals surface area contributed by atoms with Crippen LogP contribution in [-0.2, 0) is 15.4 Å². The highest BCUT2D eigenvalue weighted by Crippen LogP contribution is 2.15. The largest absolute Gasteiger partial charge is 0.257 e. The summed E-state index contributed by atoms with van der Waals surface area (Å²) in [5.41, 5.74) is 1.88. The van der Waals surface area contributed by atoms with Crippen molar-refractivity contribution in [2.24, 2.45) is 10.9 Å². The topological polar surface area (TPSA) is 64.7 Å². The zero-order valence-corrected chi connectivity index (χ0v) is 11.5. The molecule has 0 saturated heterocycles. The standard InChI is InChI=1S/C15H14N2O2S/c16-19-20(18)15-10-8-14(9-11-15)17-12-4-7-13-5-2-1-3-6-13/h1-12H,16H2/b7-4+,17-12?/t20-/m0/s1. The van der Waals surface area contributed by atoms with Gasteiger partial charge in [-0.15, -0.1) is 0 Å². The maximum atomic E-state index is 11.3. The summed E-state index contributed by atoms with van der Waals surface area (Å²) < 4.78 is 15.5. The number of allylic oxidation sites excluding steroid dienone is 1. The summed E-state index contributed by atoms with van der Waals surface area (Å²) in [5.74, 6) is 4.86. The zero-order valence-electron chi connectivity index (χ0n) is 10.7. The highest BCUT2D eigenvalue weighted by atomic mass is 32.2. The Hall–Kier alpha value is -2.08. The van der Waals surface area contributed by atoms with Crippen molar-refractivity contribution in [3.63, 3.8) is 0 Å². The molecule has 0 aliphatic carbocycles. The summed E-state index contributed by atoms with van der Waals surface area (Å²) in [6.07, 6.45) is 5.54. The van der Waals surface area contributed by atoms with Crippen LogP contribution in [0.15, 0.2) is 70.6 Å². The SMILES string of the molecule is NO[S@](=O)c1ccc(N=C/C=C/c2ccccc2)cc1. The van der Waals surface area contributed by atoms with E-state index in [2.05, 4.69) is 9.28 Å². The third-order valence-electron chi connectivity index (χ3n) is 2.51. The van der Waals surface area contributed by atoms with Gasteiger partial charge in [-0.3, -0.25) is 4.99 Å². The van der Waals surface area contributed by atoms with Crippen LogP contribution in [0.3, 0.4) is 0 Å². The Labute approximate surface area is 120 Å². The molecule has 5 heteroatoms. The first-order valence-electron chi connectivity index (χ1n) is 5.94. The van der Waals surface area contributed by atoms with Crippen molar-refractivity contribution < 1.29 is 8.49 Å². The van der Waals surface area contributed by atoms with Crippen LogP contribution in [0.25, 0.3) is 6.08 Å². The molecular weight excluding hydrogens is 272 g/mol. The van der Waals surface area contributed by atoms with E-state index in [4.69, 9.17) is 5.90 Å². The molecule has 0 aliphatic heterocycles. The molecule has 102 valence electrons. The van der Waals surface area contributed by atoms with Crippen LogP contribution in [0.5, 0.6) is 0 Å². The lowest BCUT2D eigenvalue weighted by molar-refractivity contribution is 0.367. The van der Waals surface area contributed by atoms with Gasteiger partial charge in [0.1, 0.15) is 0 Å². The molecule has 2 N–H and O–H groups in total. The Morgan fingerprint density at radius 2 is 1.75 bits per heavy atom. The fraction of sp³-hybridized carbons (Fsp3) is 0. The van der Waals surface area contributed by atoms with E-state index in [0.29, 0.717) is 4.90 Å².